The van der Waals surface area contributed by atoms with Gasteiger partial charge >= 0.3 is 12.3 Å². The van der Waals surface area contributed by atoms with Crippen LogP contribution in [0.1, 0.15) is 26.2 Å². The zero-order valence-corrected chi connectivity index (χ0v) is 13.5. The first-order valence-corrected chi connectivity index (χ1v) is 7.77. The molecule has 1 aromatic carbocycles. The zero-order chi connectivity index (χ0) is 18.4. The van der Waals surface area contributed by atoms with Crippen LogP contribution in [-0.4, -0.2) is 24.3 Å². The molecule has 0 saturated heterocycles. The molecular formula is C17H18F3NO4. The molecule has 1 N–H and O–H groups in total. The van der Waals surface area contributed by atoms with Crippen molar-refractivity contribution < 1.29 is 32.2 Å². The van der Waals surface area contributed by atoms with Gasteiger partial charge in [0.05, 0.1) is 5.92 Å². The Bertz CT molecular complexity index is 640. The maximum atomic E-state index is 12.1. The van der Waals surface area contributed by atoms with E-state index in [-0.39, 0.29) is 11.6 Å². The summed E-state index contributed by atoms with van der Waals surface area (Å²) < 4.78 is 45.2. The number of anilines is 1. The van der Waals surface area contributed by atoms with Crippen LogP contribution in [0.25, 0.3) is 0 Å². The lowest BCUT2D eigenvalue weighted by Crippen LogP contribution is -2.32. The van der Waals surface area contributed by atoms with Crippen molar-refractivity contribution in [3.8, 4) is 5.75 Å². The summed E-state index contributed by atoms with van der Waals surface area (Å²) in [6.07, 6.45) is 0.188. The van der Waals surface area contributed by atoms with Crippen LogP contribution in [-0.2, 0) is 14.3 Å². The van der Waals surface area contributed by atoms with Crippen LogP contribution >= 0.6 is 0 Å². The molecule has 0 aliphatic heterocycles. The van der Waals surface area contributed by atoms with E-state index in [2.05, 4.69) is 10.1 Å². The van der Waals surface area contributed by atoms with Crippen molar-refractivity contribution in [1.29, 1.82) is 0 Å². The van der Waals surface area contributed by atoms with E-state index in [4.69, 9.17) is 4.74 Å². The van der Waals surface area contributed by atoms with Crippen LogP contribution in [0.5, 0.6) is 5.75 Å². The maximum absolute atomic E-state index is 12.1. The SMILES string of the molecule is C[C@H](OC(=O)[C@H]1CC=CCC1)C(=O)Nc1ccc(OC(F)(F)F)cc1. The highest BCUT2D eigenvalue weighted by atomic mass is 19.4. The van der Waals surface area contributed by atoms with E-state index in [1.54, 1.807) is 0 Å². The minimum absolute atomic E-state index is 0.251. The molecule has 0 saturated carbocycles. The largest absolute Gasteiger partial charge is 0.573 e. The summed E-state index contributed by atoms with van der Waals surface area (Å²) in [6, 6.07) is 4.68. The first-order valence-electron chi connectivity index (χ1n) is 7.77. The van der Waals surface area contributed by atoms with Crippen LogP contribution in [0.15, 0.2) is 36.4 Å². The number of alkyl halides is 3. The maximum Gasteiger partial charge on any atom is 0.573 e. The number of amides is 1. The molecular weight excluding hydrogens is 339 g/mol. The van der Waals surface area contributed by atoms with Crippen molar-refractivity contribution in [2.24, 2.45) is 5.92 Å². The average molecular weight is 357 g/mol. The summed E-state index contributed by atoms with van der Waals surface area (Å²) in [6.45, 7) is 1.44. The molecule has 136 valence electrons. The van der Waals surface area contributed by atoms with Crippen molar-refractivity contribution in [3.05, 3.63) is 36.4 Å². The van der Waals surface area contributed by atoms with E-state index < -0.39 is 30.1 Å². The molecule has 0 radical (unpaired) electrons. The fourth-order valence-corrected chi connectivity index (χ4v) is 2.32. The van der Waals surface area contributed by atoms with Crippen LogP contribution in [0.2, 0.25) is 0 Å². The Morgan fingerprint density at radius 1 is 1.20 bits per heavy atom. The van der Waals surface area contributed by atoms with Gasteiger partial charge in [0, 0.05) is 5.69 Å². The van der Waals surface area contributed by atoms with Gasteiger partial charge in [0.25, 0.3) is 5.91 Å². The lowest BCUT2D eigenvalue weighted by Gasteiger charge is -2.19. The number of benzene rings is 1. The predicted octanol–water partition coefficient (Wildman–Crippen LogP) is 3.81. The number of carbonyl (C=O) groups is 2. The van der Waals surface area contributed by atoms with Gasteiger partial charge in [-0.25, -0.2) is 0 Å². The molecule has 0 aromatic heterocycles. The molecule has 2 atom stereocenters. The second-order valence-electron chi connectivity index (χ2n) is 5.62. The third-order valence-electron chi connectivity index (χ3n) is 3.62. The number of hydrogen-bond acceptors (Lipinski definition) is 4. The van der Waals surface area contributed by atoms with E-state index in [1.807, 2.05) is 12.2 Å². The summed E-state index contributed by atoms with van der Waals surface area (Å²) >= 11 is 0. The standard InChI is InChI=1S/C17H18F3NO4/c1-11(24-16(23)12-5-3-2-4-6-12)15(22)21-13-7-9-14(10-8-13)25-17(18,19)20/h2-3,7-12H,4-6H2,1H3,(H,21,22)/t11-,12-/m0/s1. The zero-order valence-electron chi connectivity index (χ0n) is 13.5. The van der Waals surface area contributed by atoms with E-state index in [1.165, 1.54) is 19.1 Å². The molecule has 1 aromatic rings. The Kier molecular flexibility index (Phi) is 6.06. The number of halogens is 3. The highest BCUT2D eigenvalue weighted by molar-refractivity contribution is 5.95. The number of ether oxygens (including phenoxy) is 2. The molecule has 0 fully saturated rings. The molecule has 0 heterocycles. The number of rotatable bonds is 5. The third-order valence-corrected chi connectivity index (χ3v) is 3.62. The van der Waals surface area contributed by atoms with Crippen LogP contribution in [0.4, 0.5) is 18.9 Å². The van der Waals surface area contributed by atoms with Crippen LogP contribution in [0.3, 0.4) is 0 Å². The summed E-state index contributed by atoms with van der Waals surface area (Å²) in [5, 5.41) is 2.47. The fourth-order valence-electron chi connectivity index (χ4n) is 2.32. The van der Waals surface area contributed by atoms with Crippen molar-refractivity contribution >= 4 is 17.6 Å². The number of esters is 1. The lowest BCUT2D eigenvalue weighted by molar-refractivity contribution is -0.274. The molecule has 0 unspecified atom stereocenters. The topological polar surface area (TPSA) is 64.6 Å². The van der Waals surface area contributed by atoms with Gasteiger partial charge in [0.2, 0.25) is 0 Å². The highest BCUT2D eigenvalue weighted by Crippen LogP contribution is 2.24. The first kappa shape index (κ1) is 18.8. The predicted molar refractivity (Wildman–Crippen MR) is 83.8 cm³/mol. The van der Waals surface area contributed by atoms with Crippen molar-refractivity contribution in [2.45, 2.75) is 38.7 Å². The van der Waals surface area contributed by atoms with Crippen molar-refractivity contribution in [3.63, 3.8) is 0 Å². The van der Waals surface area contributed by atoms with Gasteiger partial charge in [-0.2, -0.15) is 0 Å². The average Bonchev–Trinajstić information content (AvgIpc) is 2.56. The molecule has 1 aliphatic rings. The van der Waals surface area contributed by atoms with Crippen molar-refractivity contribution in [2.75, 3.05) is 5.32 Å². The second kappa shape index (κ2) is 8.04. The molecule has 0 spiro atoms. The van der Waals surface area contributed by atoms with Gasteiger partial charge in [-0.3, -0.25) is 9.59 Å². The number of allylic oxidation sites excluding steroid dienone is 2. The van der Waals surface area contributed by atoms with Gasteiger partial charge in [-0.15, -0.1) is 13.2 Å². The smallest absolute Gasteiger partial charge is 0.452 e. The van der Waals surface area contributed by atoms with Crippen LogP contribution in [0, 0.1) is 5.92 Å². The Balaban J connectivity index is 1.86. The van der Waals surface area contributed by atoms with E-state index in [0.29, 0.717) is 12.8 Å². The quantitative estimate of drug-likeness (QED) is 0.643. The van der Waals surface area contributed by atoms with E-state index >= 15 is 0 Å². The van der Waals surface area contributed by atoms with Crippen molar-refractivity contribution in [1.82, 2.24) is 0 Å². The molecule has 2 rings (SSSR count). The highest BCUT2D eigenvalue weighted by Gasteiger charge is 2.31. The normalized spacial score (nSPS) is 18.3. The Labute approximate surface area is 142 Å². The molecule has 25 heavy (non-hydrogen) atoms. The number of hydrogen-bond donors (Lipinski definition) is 1. The summed E-state index contributed by atoms with van der Waals surface area (Å²) in [4.78, 5) is 24.0. The molecule has 5 nitrogen and oxygen atoms in total. The van der Waals surface area contributed by atoms with E-state index in [9.17, 15) is 22.8 Å². The number of carbonyl (C=O) groups excluding carboxylic acids is 2. The minimum Gasteiger partial charge on any atom is -0.452 e. The third kappa shape index (κ3) is 6.13. The first-order chi connectivity index (χ1) is 11.7. The fraction of sp³-hybridized carbons (Fsp3) is 0.412. The van der Waals surface area contributed by atoms with Gasteiger partial charge in [-0.1, -0.05) is 12.2 Å². The Hall–Kier alpha value is -2.51. The van der Waals surface area contributed by atoms with E-state index in [0.717, 1.165) is 18.6 Å². The summed E-state index contributed by atoms with van der Waals surface area (Å²) in [7, 11) is 0. The lowest BCUT2D eigenvalue weighted by atomic mass is 9.95. The summed E-state index contributed by atoms with van der Waals surface area (Å²) in [5.41, 5.74) is 0.267. The van der Waals surface area contributed by atoms with Gasteiger partial charge in [-0.05, 0) is 50.5 Å². The Morgan fingerprint density at radius 2 is 1.88 bits per heavy atom. The van der Waals surface area contributed by atoms with Crippen LogP contribution < -0.4 is 10.1 Å². The molecule has 0 bridgehead atoms. The van der Waals surface area contributed by atoms with Gasteiger partial charge in [0.15, 0.2) is 6.10 Å². The monoisotopic (exact) mass is 357 g/mol. The molecule has 1 aliphatic carbocycles. The Morgan fingerprint density at radius 3 is 2.44 bits per heavy atom. The molecule has 1 amide bonds. The minimum atomic E-state index is -4.78. The van der Waals surface area contributed by atoms with Gasteiger partial charge < -0.3 is 14.8 Å². The summed E-state index contributed by atoms with van der Waals surface area (Å²) in [5.74, 6) is -1.64. The molecule has 8 heteroatoms. The van der Waals surface area contributed by atoms with Gasteiger partial charge in [0.1, 0.15) is 5.75 Å². The second-order valence-corrected chi connectivity index (χ2v) is 5.62. The number of nitrogens with one attached hydrogen (secondary N) is 1.